The first-order valence-electron chi connectivity index (χ1n) is 6.77. The van der Waals surface area contributed by atoms with E-state index in [0.29, 0.717) is 52.1 Å². The summed E-state index contributed by atoms with van der Waals surface area (Å²) < 4.78 is 20.5. The van der Waals surface area contributed by atoms with Crippen LogP contribution in [0.4, 0.5) is 0 Å². The Kier molecular flexibility index (Phi) is 8.73. The third-order valence-corrected chi connectivity index (χ3v) is 3.10. The summed E-state index contributed by atoms with van der Waals surface area (Å²) in [7, 11) is 1.63. The normalized spacial score (nSPS) is 22.6. The minimum absolute atomic E-state index is 0.0163. The molecule has 1 saturated heterocycles. The molecule has 1 fully saturated rings. The van der Waals surface area contributed by atoms with Gasteiger partial charge in [-0.25, -0.2) is 0 Å². The Balaban J connectivity index is 1.89. The lowest BCUT2D eigenvalue weighted by molar-refractivity contribution is -0.150. The molecule has 6 nitrogen and oxygen atoms in total. The van der Waals surface area contributed by atoms with Gasteiger partial charge in [-0.1, -0.05) is 6.92 Å². The van der Waals surface area contributed by atoms with E-state index >= 15 is 0 Å². The van der Waals surface area contributed by atoms with Gasteiger partial charge >= 0.3 is 5.97 Å². The standard InChI is InChI=1S/C13H25NO5/c1-11-9-14-10-12(11)13(15)19-8-7-18-6-5-17-4-3-16-2/h11-12,14H,3-10H2,1-2H3/t11-,12-/m1/s1. The van der Waals surface area contributed by atoms with E-state index in [1.54, 1.807) is 7.11 Å². The van der Waals surface area contributed by atoms with Crippen molar-refractivity contribution >= 4 is 5.97 Å². The smallest absolute Gasteiger partial charge is 0.310 e. The molecular weight excluding hydrogens is 250 g/mol. The minimum Gasteiger partial charge on any atom is -0.463 e. The summed E-state index contributed by atoms with van der Waals surface area (Å²) in [6.45, 7) is 6.56. The molecule has 0 amide bonds. The van der Waals surface area contributed by atoms with Crippen LogP contribution in [0.15, 0.2) is 0 Å². The minimum atomic E-state index is -0.127. The van der Waals surface area contributed by atoms with Gasteiger partial charge in [0.1, 0.15) is 6.61 Å². The number of hydrogen-bond donors (Lipinski definition) is 1. The maximum atomic E-state index is 11.7. The Bertz CT molecular complexity index is 249. The number of methoxy groups -OCH3 is 1. The fourth-order valence-corrected chi connectivity index (χ4v) is 1.90. The zero-order chi connectivity index (χ0) is 13.9. The monoisotopic (exact) mass is 275 g/mol. The molecule has 6 heteroatoms. The molecule has 1 heterocycles. The first-order chi connectivity index (χ1) is 9.25. The largest absolute Gasteiger partial charge is 0.463 e. The van der Waals surface area contributed by atoms with E-state index in [1.165, 1.54) is 0 Å². The topological polar surface area (TPSA) is 66.0 Å². The molecule has 0 spiro atoms. The molecule has 1 rings (SSSR count). The average molecular weight is 275 g/mol. The van der Waals surface area contributed by atoms with E-state index in [-0.39, 0.29) is 11.9 Å². The molecule has 2 atom stereocenters. The SMILES string of the molecule is COCCOCCOCCOC(=O)[C@@H]1CNC[C@H]1C. The number of ether oxygens (including phenoxy) is 4. The number of nitrogens with one attached hydrogen (secondary N) is 1. The highest BCUT2D eigenvalue weighted by Gasteiger charge is 2.30. The molecule has 1 aliphatic rings. The van der Waals surface area contributed by atoms with Crippen LogP contribution in [0.5, 0.6) is 0 Å². The van der Waals surface area contributed by atoms with E-state index in [9.17, 15) is 4.79 Å². The van der Waals surface area contributed by atoms with Gasteiger partial charge in [-0.2, -0.15) is 0 Å². The summed E-state index contributed by atoms with van der Waals surface area (Å²) in [6, 6.07) is 0. The summed E-state index contributed by atoms with van der Waals surface area (Å²) in [5, 5.41) is 3.18. The first-order valence-corrected chi connectivity index (χ1v) is 6.77. The third-order valence-electron chi connectivity index (χ3n) is 3.10. The average Bonchev–Trinajstić information content (AvgIpc) is 2.83. The van der Waals surface area contributed by atoms with Crippen molar-refractivity contribution in [1.29, 1.82) is 0 Å². The van der Waals surface area contributed by atoms with Crippen LogP contribution < -0.4 is 5.32 Å². The van der Waals surface area contributed by atoms with Gasteiger partial charge in [-0.3, -0.25) is 4.79 Å². The van der Waals surface area contributed by atoms with Gasteiger partial charge in [0.25, 0.3) is 0 Å². The Labute approximate surface area is 114 Å². The van der Waals surface area contributed by atoms with Crippen molar-refractivity contribution in [3.8, 4) is 0 Å². The molecule has 0 radical (unpaired) electrons. The molecule has 0 bridgehead atoms. The lowest BCUT2D eigenvalue weighted by atomic mass is 9.99. The predicted octanol–water partition coefficient (Wildman–Crippen LogP) is 0.0647. The molecule has 0 saturated carbocycles. The number of esters is 1. The van der Waals surface area contributed by atoms with Gasteiger partial charge in [-0.05, 0) is 12.5 Å². The van der Waals surface area contributed by atoms with Crippen molar-refractivity contribution in [2.45, 2.75) is 6.92 Å². The van der Waals surface area contributed by atoms with Gasteiger partial charge < -0.3 is 24.3 Å². The molecule has 112 valence electrons. The number of carbonyl (C=O) groups is 1. The summed E-state index contributed by atoms with van der Waals surface area (Å²) in [5.41, 5.74) is 0. The number of carbonyl (C=O) groups excluding carboxylic acids is 1. The van der Waals surface area contributed by atoms with Crippen molar-refractivity contribution in [3.05, 3.63) is 0 Å². The zero-order valence-electron chi connectivity index (χ0n) is 11.9. The molecule has 0 aromatic rings. The van der Waals surface area contributed by atoms with E-state index in [2.05, 4.69) is 12.2 Å². The summed E-state index contributed by atoms with van der Waals surface area (Å²) in [5.74, 6) is 0.206. The van der Waals surface area contributed by atoms with Gasteiger partial charge in [0.05, 0.1) is 39.0 Å². The highest BCUT2D eigenvalue weighted by molar-refractivity contribution is 5.73. The summed E-state index contributed by atoms with van der Waals surface area (Å²) >= 11 is 0. The van der Waals surface area contributed by atoms with Crippen LogP contribution in [-0.4, -0.2) is 65.8 Å². The molecule has 19 heavy (non-hydrogen) atoms. The molecule has 0 aromatic heterocycles. The van der Waals surface area contributed by atoms with Crippen LogP contribution in [0.25, 0.3) is 0 Å². The highest BCUT2D eigenvalue weighted by atomic mass is 16.6. The Morgan fingerprint density at radius 3 is 2.26 bits per heavy atom. The van der Waals surface area contributed by atoms with Crippen LogP contribution in [0.2, 0.25) is 0 Å². The van der Waals surface area contributed by atoms with E-state index in [4.69, 9.17) is 18.9 Å². The second-order valence-electron chi connectivity index (χ2n) is 4.63. The van der Waals surface area contributed by atoms with Crippen molar-refractivity contribution in [2.75, 3.05) is 59.8 Å². The van der Waals surface area contributed by atoms with Crippen LogP contribution >= 0.6 is 0 Å². The lowest BCUT2D eigenvalue weighted by Gasteiger charge is -2.13. The van der Waals surface area contributed by atoms with E-state index in [0.717, 1.165) is 6.54 Å². The molecule has 0 aromatic carbocycles. The van der Waals surface area contributed by atoms with E-state index in [1.807, 2.05) is 0 Å². The molecule has 0 aliphatic carbocycles. The number of hydrogen-bond acceptors (Lipinski definition) is 6. The second kappa shape index (κ2) is 10.1. The summed E-state index contributed by atoms with van der Waals surface area (Å²) in [6.07, 6.45) is 0. The quantitative estimate of drug-likeness (QED) is 0.449. The fourth-order valence-electron chi connectivity index (χ4n) is 1.90. The maximum absolute atomic E-state index is 11.7. The van der Waals surface area contributed by atoms with Crippen LogP contribution in [0.1, 0.15) is 6.92 Å². The Morgan fingerprint density at radius 1 is 1.05 bits per heavy atom. The highest BCUT2D eigenvalue weighted by Crippen LogP contribution is 2.16. The maximum Gasteiger partial charge on any atom is 0.310 e. The van der Waals surface area contributed by atoms with Gasteiger partial charge in [0.15, 0.2) is 0 Å². The van der Waals surface area contributed by atoms with Crippen LogP contribution in [0, 0.1) is 11.8 Å². The summed E-state index contributed by atoms with van der Waals surface area (Å²) in [4.78, 5) is 11.7. The van der Waals surface area contributed by atoms with Crippen molar-refractivity contribution < 1.29 is 23.7 Å². The molecule has 1 aliphatic heterocycles. The molecule has 0 unspecified atom stereocenters. The van der Waals surface area contributed by atoms with Gasteiger partial charge in [-0.15, -0.1) is 0 Å². The second-order valence-corrected chi connectivity index (χ2v) is 4.63. The van der Waals surface area contributed by atoms with Gasteiger partial charge in [0.2, 0.25) is 0 Å². The lowest BCUT2D eigenvalue weighted by Crippen LogP contribution is -2.25. The van der Waals surface area contributed by atoms with Gasteiger partial charge in [0, 0.05) is 13.7 Å². The van der Waals surface area contributed by atoms with Crippen molar-refractivity contribution in [1.82, 2.24) is 5.32 Å². The third kappa shape index (κ3) is 6.87. The van der Waals surface area contributed by atoms with Crippen molar-refractivity contribution in [3.63, 3.8) is 0 Å². The van der Waals surface area contributed by atoms with Crippen LogP contribution in [0.3, 0.4) is 0 Å². The zero-order valence-corrected chi connectivity index (χ0v) is 11.9. The van der Waals surface area contributed by atoms with Crippen LogP contribution in [-0.2, 0) is 23.7 Å². The fraction of sp³-hybridized carbons (Fsp3) is 0.923. The Hall–Kier alpha value is -0.690. The van der Waals surface area contributed by atoms with E-state index < -0.39 is 0 Å². The molecular formula is C13H25NO5. The van der Waals surface area contributed by atoms with Crippen molar-refractivity contribution in [2.24, 2.45) is 11.8 Å². The predicted molar refractivity (Wildman–Crippen MR) is 70.0 cm³/mol. The Morgan fingerprint density at radius 2 is 1.68 bits per heavy atom. The molecule has 1 N–H and O–H groups in total. The number of rotatable bonds is 10. The first kappa shape index (κ1) is 16.4.